The highest BCUT2D eigenvalue weighted by Crippen LogP contribution is 2.26. The average molecular weight is 225 g/mol. The van der Waals surface area contributed by atoms with Gasteiger partial charge in [-0.05, 0) is 24.1 Å². The van der Waals surface area contributed by atoms with E-state index in [0.717, 1.165) is 17.4 Å². The molecule has 0 fully saturated rings. The van der Waals surface area contributed by atoms with Crippen molar-refractivity contribution in [1.82, 2.24) is 9.78 Å². The van der Waals surface area contributed by atoms with Gasteiger partial charge in [0.15, 0.2) is 5.15 Å². The summed E-state index contributed by atoms with van der Waals surface area (Å²) in [5.41, 5.74) is 0.964. The van der Waals surface area contributed by atoms with Crippen molar-refractivity contribution in [2.75, 3.05) is 0 Å². The maximum Gasteiger partial charge on any atom is 0.159 e. The van der Waals surface area contributed by atoms with Crippen molar-refractivity contribution in [3.05, 3.63) is 23.4 Å². The Morgan fingerprint density at radius 1 is 1.47 bits per heavy atom. The molecule has 80 valence electrons. The van der Waals surface area contributed by atoms with Crippen molar-refractivity contribution in [2.24, 2.45) is 5.92 Å². The molecule has 1 aromatic heterocycles. The fourth-order valence-electron chi connectivity index (χ4n) is 1.61. The number of phenolic OH excluding ortho intramolecular Hbond substituents is 1. The number of phenols is 1. The molecule has 0 saturated carbocycles. The van der Waals surface area contributed by atoms with Gasteiger partial charge in [-0.25, -0.2) is 0 Å². The van der Waals surface area contributed by atoms with Crippen LogP contribution in [-0.4, -0.2) is 14.9 Å². The Bertz CT molecular complexity index is 491. The summed E-state index contributed by atoms with van der Waals surface area (Å²) in [5.74, 6) is 0.728. The van der Waals surface area contributed by atoms with Crippen LogP contribution in [0.2, 0.25) is 5.15 Å². The van der Waals surface area contributed by atoms with E-state index in [1.54, 1.807) is 12.1 Å². The highest BCUT2D eigenvalue weighted by atomic mass is 35.5. The Morgan fingerprint density at radius 2 is 2.20 bits per heavy atom. The number of hydrogen-bond donors (Lipinski definition) is 1. The minimum atomic E-state index is 0.216. The zero-order valence-electron chi connectivity index (χ0n) is 8.74. The predicted octanol–water partition coefficient (Wildman–Crippen LogP) is 3.05. The fraction of sp³-hybridized carbons (Fsp3) is 0.364. The summed E-state index contributed by atoms with van der Waals surface area (Å²) in [6.45, 7) is 5.08. The van der Waals surface area contributed by atoms with Crippen molar-refractivity contribution in [3.8, 4) is 5.75 Å². The molecule has 0 aliphatic heterocycles. The molecule has 1 aromatic carbocycles. The zero-order valence-corrected chi connectivity index (χ0v) is 9.49. The number of nitrogens with zero attached hydrogens (tertiary/aromatic N) is 2. The number of fused-ring (bicyclic) bond motifs is 1. The van der Waals surface area contributed by atoms with E-state index in [4.69, 9.17) is 11.6 Å². The van der Waals surface area contributed by atoms with Crippen LogP contribution in [-0.2, 0) is 6.54 Å². The fourth-order valence-corrected chi connectivity index (χ4v) is 1.86. The molecular formula is C11H13ClN2O. The molecule has 3 nitrogen and oxygen atoms in total. The second-order valence-corrected chi connectivity index (χ2v) is 4.43. The van der Waals surface area contributed by atoms with Gasteiger partial charge in [0.25, 0.3) is 0 Å². The number of halogens is 1. The number of aromatic nitrogens is 2. The van der Waals surface area contributed by atoms with E-state index in [1.165, 1.54) is 0 Å². The van der Waals surface area contributed by atoms with Crippen LogP contribution in [0.4, 0.5) is 0 Å². The van der Waals surface area contributed by atoms with Crippen molar-refractivity contribution >= 4 is 22.5 Å². The highest BCUT2D eigenvalue weighted by molar-refractivity contribution is 6.34. The Hall–Kier alpha value is -1.22. The third-order valence-electron chi connectivity index (χ3n) is 2.23. The Kier molecular flexibility index (Phi) is 2.57. The quantitative estimate of drug-likeness (QED) is 0.852. The largest absolute Gasteiger partial charge is 0.508 e. The lowest BCUT2D eigenvalue weighted by Crippen LogP contribution is -2.05. The zero-order chi connectivity index (χ0) is 11.0. The lowest BCUT2D eigenvalue weighted by atomic mass is 10.2. The summed E-state index contributed by atoms with van der Waals surface area (Å²) >= 11 is 5.99. The molecule has 2 aromatic rings. The van der Waals surface area contributed by atoms with Crippen LogP contribution < -0.4 is 0 Å². The average Bonchev–Trinajstić information content (AvgIpc) is 2.42. The first-order valence-corrected chi connectivity index (χ1v) is 5.30. The van der Waals surface area contributed by atoms with E-state index >= 15 is 0 Å². The first-order chi connectivity index (χ1) is 7.08. The van der Waals surface area contributed by atoms with Gasteiger partial charge in [-0.2, -0.15) is 5.10 Å². The molecule has 0 spiro atoms. The second kappa shape index (κ2) is 3.74. The van der Waals surface area contributed by atoms with Crippen LogP contribution in [0.25, 0.3) is 10.9 Å². The molecule has 0 aliphatic carbocycles. The lowest BCUT2D eigenvalue weighted by molar-refractivity contribution is 0.476. The van der Waals surface area contributed by atoms with Gasteiger partial charge >= 0.3 is 0 Å². The molecular weight excluding hydrogens is 212 g/mol. The van der Waals surface area contributed by atoms with E-state index in [2.05, 4.69) is 18.9 Å². The molecule has 15 heavy (non-hydrogen) atoms. The van der Waals surface area contributed by atoms with Gasteiger partial charge in [-0.15, -0.1) is 0 Å². The number of hydrogen-bond acceptors (Lipinski definition) is 2. The third kappa shape index (κ3) is 1.92. The van der Waals surface area contributed by atoms with Gasteiger partial charge in [0.2, 0.25) is 0 Å². The van der Waals surface area contributed by atoms with E-state index in [9.17, 15) is 5.11 Å². The smallest absolute Gasteiger partial charge is 0.159 e. The molecule has 0 aliphatic rings. The third-order valence-corrected chi connectivity index (χ3v) is 2.51. The normalized spacial score (nSPS) is 11.5. The molecule has 1 N–H and O–H groups in total. The molecule has 2 rings (SSSR count). The summed E-state index contributed by atoms with van der Waals surface area (Å²) < 4.78 is 1.88. The number of benzene rings is 1. The number of aromatic hydroxyl groups is 1. The van der Waals surface area contributed by atoms with Crippen LogP contribution >= 0.6 is 11.6 Å². The standard InChI is InChI=1S/C11H13ClN2O/c1-7(2)6-14-10-4-3-8(15)5-9(10)11(12)13-14/h3-5,7,15H,6H2,1-2H3. The summed E-state index contributed by atoms with van der Waals surface area (Å²) in [4.78, 5) is 0. The topological polar surface area (TPSA) is 38.0 Å². The van der Waals surface area contributed by atoms with Crippen LogP contribution in [0.5, 0.6) is 5.75 Å². The van der Waals surface area contributed by atoms with E-state index in [-0.39, 0.29) is 5.75 Å². The van der Waals surface area contributed by atoms with Crippen molar-refractivity contribution in [3.63, 3.8) is 0 Å². The lowest BCUT2D eigenvalue weighted by Gasteiger charge is -2.05. The van der Waals surface area contributed by atoms with Gasteiger partial charge in [0.1, 0.15) is 5.75 Å². The van der Waals surface area contributed by atoms with Crippen LogP contribution in [0, 0.1) is 5.92 Å². The molecule has 1 heterocycles. The monoisotopic (exact) mass is 224 g/mol. The van der Waals surface area contributed by atoms with Crippen LogP contribution in [0.15, 0.2) is 18.2 Å². The van der Waals surface area contributed by atoms with Crippen LogP contribution in [0.3, 0.4) is 0 Å². The molecule has 0 amide bonds. The second-order valence-electron chi connectivity index (χ2n) is 4.07. The molecule has 0 atom stereocenters. The van der Waals surface area contributed by atoms with Gasteiger partial charge in [-0.1, -0.05) is 25.4 Å². The first kappa shape index (κ1) is 10.3. The predicted molar refractivity (Wildman–Crippen MR) is 61.2 cm³/mol. The van der Waals surface area contributed by atoms with Crippen molar-refractivity contribution in [2.45, 2.75) is 20.4 Å². The highest BCUT2D eigenvalue weighted by Gasteiger charge is 2.09. The van der Waals surface area contributed by atoms with Gasteiger partial charge < -0.3 is 5.11 Å². The van der Waals surface area contributed by atoms with Crippen LogP contribution in [0.1, 0.15) is 13.8 Å². The maximum atomic E-state index is 9.35. The Morgan fingerprint density at radius 3 is 2.87 bits per heavy atom. The molecule has 0 bridgehead atoms. The molecule has 0 radical (unpaired) electrons. The van der Waals surface area contributed by atoms with Gasteiger partial charge in [0, 0.05) is 11.9 Å². The van der Waals surface area contributed by atoms with Crippen molar-refractivity contribution in [1.29, 1.82) is 0 Å². The van der Waals surface area contributed by atoms with E-state index < -0.39 is 0 Å². The summed E-state index contributed by atoms with van der Waals surface area (Å²) in [6, 6.07) is 5.13. The summed E-state index contributed by atoms with van der Waals surface area (Å²) in [5, 5.41) is 14.8. The Balaban J connectivity index is 2.57. The summed E-state index contributed by atoms with van der Waals surface area (Å²) in [7, 11) is 0. The minimum Gasteiger partial charge on any atom is -0.508 e. The number of rotatable bonds is 2. The van der Waals surface area contributed by atoms with Gasteiger partial charge in [0.05, 0.1) is 5.52 Å². The Labute approximate surface area is 93.3 Å². The summed E-state index contributed by atoms with van der Waals surface area (Å²) in [6.07, 6.45) is 0. The molecule has 0 unspecified atom stereocenters. The molecule has 0 saturated heterocycles. The van der Waals surface area contributed by atoms with Gasteiger partial charge in [-0.3, -0.25) is 4.68 Å². The molecule has 4 heteroatoms. The van der Waals surface area contributed by atoms with E-state index in [0.29, 0.717) is 11.1 Å². The minimum absolute atomic E-state index is 0.216. The van der Waals surface area contributed by atoms with E-state index in [1.807, 2.05) is 10.7 Å². The van der Waals surface area contributed by atoms with Crippen molar-refractivity contribution < 1.29 is 5.11 Å². The SMILES string of the molecule is CC(C)Cn1nc(Cl)c2cc(O)ccc21. The maximum absolute atomic E-state index is 9.35. The first-order valence-electron chi connectivity index (χ1n) is 4.93.